The van der Waals surface area contributed by atoms with Gasteiger partial charge in [0.2, 0.25) is 0 Å². The number of allylic oxidation sites excluding steroid dienone is 3. The summed E-state index contributed by atoms with van der Waals surface area (Å²) in [6.07, 6.45) is 0.512. The van der Waals surface area contributed by atoms with Gasteiger partial charge in [-0.1, -0.05) is 49.4 Å². The van der Waals surface area contributed by atoms with Gasteiger partial charge in [-0.2, -0.15) is 0 Å². The van der Waals surface area contributed by atoms with Crippen LogP contribution in [0.15, 0.2) is 65.0 Å². The van der Waals surface area contributed by atoms with Crippen LogP contribution in [0.1, 0.15) is 38.7 Å². The quantitative estimate of drug-likeness (QED) is 0.579. The minimum absolute atomic E-state index is 0.213. The number of carbonyl (C=O) groups is 3. The fourth-order valence-corrected chi connectivity index (χ4v) is 4.88. The lowest BCUT2D eigenvalue weighted by atomic mass is 9.69. The maximum Gasteiger partial charge on any atom is 0.336 e. The Kier molecular flexibility index (Phi) is 5.87. The zero-order valence-corrected chi connectivity index (χ0v) is 18.7. The van der Waals surface area contributed by atoms with E-state index in [4.69, 9.17) is 9.47 Å². The summed E-state index contributed by atoms with van der Waals surface area (Å²) in [6, 6.07) is 13.9. The summed E-state index contributed by atoms with van der Waals surface area (Å²) >= 11 is 0. The molecular weight excluding hydrogens is 406 g/mol. The molecule has 3 atom stereocenters. The first-order valence-corrected chi connectivity index (χ1v) is 10.9. The van der Waals surface area contributed by atoms with Crippen molar-refractivity contribution in [3.05, 3.63) is 70.6 Å². The first-order valence-electron chi connectivity index (χ1n) is 10.9. The van der Waals surface area contributed by atoms with Crippen LogP contribution in [0.2, 0.25) is 0 Å². The van der Waals surface area contributed by atoms with E-state index in [9.17, 15) is 14.4 Å². The highest BCUT2D eigenvalue weighted by molar-refractivity contribution is 6.12. The number of hydrogen-bond acceptors (Lipinski definition) is 6. The average Bonchev–Trinajstić information content (AvgIpc) is 2.77. The standard InChI is InChI=1S/C26H27NO5/c1-5-32-26(30)21-15(3)27-19-12-14(2)20(25(29)31-4)24(28)23(19)22(21)18-11-10-16-8-6-7-9-17(16)13-18/h6-11,13-14,20,22,27H,5,12H2,1-4H3/t14-,20-,22-/m1/s1. The lowest BCUT2D eigenvalue weighted by molar-refractivity contribution is -0.151. The summed E-state index contributed by atoms with van der Waals surface area (Å²) in [4.78, 5) is 39.2. The summed E-state index contributed by atoms with van der Waals surface area (Å²) in [5.41, 5.74) is 3.07. The molecule has 1 aliphatic heterocycles. The molecule has 1 heterocycles. The van der Waals surface area contributed by atoms with Gasteiger partial charge >= 0.3 is 11.9 Å². The van der Waals surface area contributed by atoms with Crippen LogP contribution in [0.25, 0.3) is 10.8 Å². The van der Waals surface area contributed by atoms with E-state index in [1.165, 1.54) is 7.11 Å². The molecule has 0 saturated carbocycles. The van der Waals surface area contributed by atoms with Crippen LogP contribution in [0.4, 0.5) is 0 Å². The smallest absolute Gasteiger partial charge is 0.336 e. The molecule has 0 radical (unpaired) electrons. The van der Waals surface area contributed by atoms with Crippen molar-refractivity contribution in [2.45, 2.75) is 33.1 Å². The highest BCUT2D eigenvalue weighted by Crippen LogP contribution is 2.45. The van der Waals surface area contributed by atoms with Crippen molar-refractivity contribution in [1.29, 1.82) is 0 Å². The molecule has 1 N–H and O–H groups in total. The predicted octanol–water partition coefficient (Wildman–Crippen LogP) is 4.02. The third-order valence-corrected chi connectivity index (χ3v) is 6.35. The molecule has 32 heavy (non-hydrogen) atoms. The van der Waals surface area contributed by atoms with Crippen molar-refractivity contribution in [1.82, 2.24) is 5.32 Å². The van der Waals surface area contributed by atoms with Crippen molar-refractivity contribution < 1.29 is 23.9 Å². The first-order chi connectivity index (χ1) is 15.4. The van der Waals surface area contributed by atoms with E-state index >= 15 is 0 Å². The Bertz CT molecular complexity index is 1180. The van der Waals surface area contributed by atoms with Gasteiger partial charge in [0.05, 0.1) is 19.3 Å². The van der Waals surface area contributed by atoms with E-state index in [0.717, 1.165) is 22.0 Å². The number of ether oxygens (including phenoxy) is 2. The minimum atomic E-state index is -0.898. The molecule has 0 spiro atoms. The van der Waals surface area contributed by atoms with Crippen molar-refractivity contribution in [2.24, 2.45) is 11.8 Å². The van der Waals surface area contributed by atoms with Gasteiger partial charge in [0, 0.05) is 22.9 Å². The molecule has 6 heteroatoms. The summed E-state index contributed by atoms with van der Waals surface area (Å²) < 4.78 is 10.3. The molecule has 1 aliphatic carbocycles. The molecule has 4 rings (SSSR count). The van der Waals surface area contributed by atoms with E-state index in [2.05, 4.69) is 5.32 Å². The lowest BCUT2D eigenvalue weighted by Gasteiger charge is -2.38. The van der Waals surface area contributed by atoms with E-state index < -0.39 is 23.8 Å². The van der Waals surface area contributed by atoms with Crippen LogP contribution < -0.4 is 5.32 Å². The number of ketones is 1. The predicted molar refractivity (Wildman–Crippen MR) is 120 cm³/mol. The van der Waals surface area contributed by atoms with Gasteiger partial charge in [-0.25, -0.2) is 4.79 Å². The van der Waals surface area contributed by atoms with Gasteiger partial charge in [0.25, 0.3) is 0 Å². The van der Waals surface area contributed by atoms with Gasteiger partial charge in [0.15, 0.2) is 5.78 Å². The zero-order chi connectivity index (χ0) is 23.0. The minimum Gasteiger partial charge on any atom is -0.468 e. The van der Waals surface area contributed by atoms with Crippen molar-refractivity contribution >= 4 is 28.5 Å². The number of dihydropyridines is 1. The lowest BCUT2D eigenvalue weighted by Crippen LogP contribution is -2.43. The second-order valence-electron chi connectivity index (χ2n) is 8.36. The van der Waals surface area contributed by atoms with Gasteiger partial charge in [-0.15, -0.1) is 0 Å². The molecule has 0 bridgehead atoms. The number of benzene rings is 2. The second kappa shape index (κ2) is 8.61. The number of esters is 2. The van der Waals surface area contributed by atoms with E-state index in [1.54, 1.807) is 6.92 Å². The molecule has 6 nitrogen and oxygen atoms in total. The zero-order valence-electron chi connectivity index (χ0n) is 18.7. The van der Waals surface area contributed by atoms with Crippen LogP contribution in [-0.4, -0.2) is 31.4 Å². The van der Waals surface area contributed by atoms with Crippen LogP contribution in [0.3, 0.4) is 0 Å². The third kappa shape index (κ3) is 3.60. The van der Waals surface area contributed by atoms with Gasteiger partial charge in [0.1, 0.15) is 5.92 Å². The Morgan fingerprint density at radius 1 is 1.12 bits per heavy atom. The van der Waals surface area contributed by atoms with Gasteiger partial charge in [-0.05, 0) is 42.5 Å². The highest BCUT2D eigenvalue weighted by atomic mass is 16.5. The first kappa shape index (κ1) is 21.8. The average molecular weight is 434 g/mol. The number of fused-ring (bicyclic) bond motifs is 1. The topological polar surface area (TPSA) is 81.7 Å². The van der Waals surface area contributed by atoms with Gasteiger partial charge in [-0.3, -0.25) is 9.59 Å². The number of Topliss-reactive ketones (excluding diaryl/α,β-unsaturated/α-hetero) is 1. The Hall–Kier alpha value is -3.41. The van der Waals surface area contributed by atoms with Crippen LogP contribution in [0, 0.1) is 11.8 Å². The Labute approximate surface area is 187 Å². The number of carbonyl (C=O) groups excluding carboxylic acids is 3. The molecule has 2 aromatic rings. The molecule has 0 amide bonds. The Balaban J connectivity index is 1.92. The number of hydrogen-bond donors (Lipinski definition) is 1. The molecule has 2 aliphatic rings. The molecule has 0 fully saturated rings. The Morgan fingerprint density at radius 2 is 1.84 bits per heavy atom. The van der Waals surface area contributed by atoms with Crippen molar-refractivity contribution in [2.75, 3.05) is 13.7 Å². The van der Waals surface area contributed by atoms with Gasteiger partial charge < -0.3 is 14.8 Å². The SMILES string of the molecule is CCOC(=O)C1=C(C)NC2=C(C(=O)[C@H](C(=O)OC)[C@H](C)C2)[C@@H]1c1ccc2ccccc2c1. The highest BCUT2D eigenvalue weighted by Gasteiger charge is 2.47. The molecule has 0 saturated heterocycles. The van der Waals surface area contributed by atoms with Crippen LogP contribution in [0.5, 0.6) is 0 Å². The van der Waals surface area contributed by atoms with E-state index in [0.29, 0.717) is 23.3 Å². The van der Waals surface area contributed by atoms with E-state index in [-0.39, 0.29) is 18.3 Å². The summed E-state index contributed by atoms with van der Waals surface area (Å²) in [5.74, 6) is -3.05. The monoisotopic (exact) mass is 433 g/mol. The maximum atomic E-state index is 13.7. The number of methoxy groups -OCH3 is 1. The molecular formula is C26H27NO5. The van der Waals surface area contributed by atoms with E-state index in [1.807, 2.05) is 56.3 Å². The summed E-state index contributed by atoms with van der Waals surface area (Å²) in [7, 11) is 1.29. The molecule has 166 valence electrons. The summed E-state index contributed by atoms with van der Waals surface area (Å²) in [5, 5.41) is 5.34. The third-order valence-electron chi connectivity index (χ3n) is 6.35. The summed E-state index contributed by atoms with van der Waals surface area (Å²) in [6.45, 7) is 5.67. The molecule has 0 unspecified atom stereocenters. The normalized spacial score (nSPS) is 23.0. The van der Waals surface area contributed by atoms with Crippen molar-refractivity contribution in [3.63, 3.8) is 0 Å². The fraction of sp³-hybridized carbons (Fsp3) is 0.346. The Morgan fingerprint density at radius 3 is 2.53 bits per heavy atom. The second-order valence-corrected chi connectivity index (χ2v) is 8.36. The van der Waals surface area contributed by atoms with Crippen molar-refractivity contribution in [3.8, 4) is 0 Å². The molecule has 0 aromatic heterocycles. The van der Waals surface area contributed by atoms with Crippen LogP contribution in [-0.2, 0) is 23.9 Å². The molecule has 2 aromatic carbocycles. The largest absolute Gasteiger partial charge is 0.468 e. The fourth-order valence-electron chi connectivity index (χ4n) is 4.88. The number of nitrogens with one attached hydrogen (secondary N) is 1. The van der Waals surface area contributed by atoms with Crippen LogP contribution >= 0.6 is 0 Å². The maximum absolute atomic E-state index is 13.7. The number of rotatable bonds is 4.